The highest BCUT2D eigenvalue weighted by Crippen LogP contribution is 2.19. The smallest absolute Gasteiger partial charge is 0.256 e. The van der Waals surface area contributed by atoms with Gasteiger partial charge in [0.15, 0.2) is 0 Å². The van der Waals surface area contributed by atoms with Crippen molar-refractivity contribution in [3.8, 4) is 0 Å². The van der Waals surface area contributed by atoms with Crippen LogP contribution in [-0.2, 0) is 0 Å². The van der Waals surface area contributed by atoms with Crippen molar-refractivity contribution >= 4 is 29.1 Å². The van der Waals surface area contributed by atoms with Gasteiger partial charge in [-0.1, -0.05) is 53.5 Å². The highest BCUT2D eigenvalue weighted by molar-refractivity contribution is 6.34. The van der Waals surface area contributed by atoms with Gasteiger partial charge in [-0.3, -0.25) is 4.79 Å². The Morgan fingerprint density at radius 2 is 1.90 bits per heavy atom. The van der Waals surface area contributed by atoms with E-state index in [1.54, 1.807) is 19.2 Å². The van der Waals surface area contributed by atoms with E-state index >= 15 is 0 Å². The predicted molar refractivity (Wildman–Crippen MR) is 82.6 cm³/mol. The van der Waals surface area contributed by atoms with Crippen LogP contribution >= 0.6 is 23.2 Å². The summed E-state index contributed by atoms with van der Waals surface area (Å²) in [6, 6.07) is 12.2. The Hall–Kier alpha value is -1.62. The van der Waals surface area contributed by atoms with Crippen LogP contribution in [0, 0.1) is 0 Å². The third-order valence-electron chi connectivity index (χ3n) is 3.02. The summed E-state index contributed by atoms with van der Waals surface area (Å²) >= 11 is 11.6. The lowest BCUT2D eigenvalue weighted by Gasteiger charge is -2.21. The monoisotopic (exact) mass is 324 g/mol. The molecule has 1 heterocycles. The van der Waals surface area contributed by atoms with Crippen LogP contribution in [-0.4, -0.2) is 34.5 Å². The number of carbonyl (C=O) groups excluding carboxylic acids is 1. The second-order valence-electron chi connectivity index (χ2n) is 4.58. The van der Waals surface area contributed by atoms with E-state index in [1.807, 2.05) is 18.2 Å². The zero-order valence-corrected chi connectivity index (χ0v) is 12.8. The molecule has 1 amide bonds. The average Bonchev–Trinajstić information content (AvgIpc) is 2.47. The number of likely N-dealkylation sites (N-methyl/N-ethyl adjacent to an activating group) is 1. The number of carbonyl (C=O) groups is 1. The van der Waals surface area contributed by atoms with Gasteiger partial charge in [0, 0.05) is 7.05 Å². The Bertz CT molecular complexity index is 635. The lowest BCUT2D eigenvalue weighted by atomic mass is 10.1. The van der Waals surface area contributed by atoms with Crippen molar-refractivity contribution in [2.75, 3.05) is 13.6 Å². The molecule has 0 aliphatic carbocycles. The first kappa shape index (κ1) is 15.8. The van der Waals surface area contributed by atoms with E-state index in [0.29, 0.717) is 0 Å². The van der Waals surface area contributed by atoms with Gasteiger partial charge in [0.05, 0.1) is 18.2 Å². The molecule has 0 radical (unpaired) electrons. The number of halogens is 2. The SMILES string of the molecule is CN(CC(O)c1ccccc1)C(=O)c1ccc(Cl)nc1Cl. The van der Waals surface area contributed by atoms with Gasteiger partial charge in [0.2, 0.25) is 0 Å². The molecule has 4 nitrogen and oxygen atoms in total. The molecule has 0 aliphatic rings. The van der Waals surface area contributed by atoms with Crippen molar-refractivity contribution in [1.29, 1.82) is 0 Å². The summed E-state index contributed by atoms with van der Waals surface area (Å²) in [5.74, 6) is -0.320. The van der Waals surface area contributed by atoms with E-state index in [-0.39, 0.29) is 28.3 Å². The summed E-state index contributed by atoms with van der Waals surface area (Å²) < 4.78 is 0. The Labute approximate surface area is 132 Å². The van der Waals surface area contributed by atoms with Crippen LogP contribution in [0.4, 0.5) is 0 Å². The maximum atomic E-state index is 12.3. The van der Waals surface area contributed by atoms with Gasteiger partial charge < -0.3 is 10.0 Å². The van der Waals surface area contributed by atoms with Gasteiger partial charge in [-0.2, -0.15) is 0 Å². The van der Waals surface area contributed by atoms with Crippen molar-refractivity contribution in [2.45, 2.75) is 6.10 Å². The van der Waals surface area contributed by atoms with Crippen molar-refractivity contribution < 1.29 is 9.90 Å². The van der Waals surface area contributed by atoms with Gasteiger partial charge in [0.25, 0.3) is 5.91 Å². The predicted octanol–water partition coefficient (Wildman–Crippen LogP) is 3.19. The Kier molecular flexibility index (Phi) is 5.17. The van der Waals surface area contributed by atoms with Gasteiger partial charge in [-0.05, 0) is 17.7 Å². The number of nitrogens with zero attached hydrogens (tertiary/aromatic N) is 2. The molecular formula is C15H14Cl2N2O2. The first-order valence-electron chi connectivity index (χ1n) is 6.29. The van der Waals surface area contributed by atoms with Crippen molar-refractivity contribution in [3.05, 3.63) is 63.9 Å². The summed E-state index contributed by atoms with van der Waals surface area (Å²) in [6.45, 7) is 0.155. The fourth-order valence-corrected chi connectivity index (χ4v) is 2.33. The Morgan fingerprint density at radius 3 is 2.52 bits per heavy atom. The molecule has 21 heavy (non-hydrogen) atoms. The second kappa shape index (κ2) is 6.89. The molecule has 0 fully saturated rings. The maximum absolute atomic E-state index is 12.3. The van der Waals surface area contributed by atoms with Crippen LogP contribution in [0.2, 0.25) is 10.3 Å². The number of hydrogen-bond acceptors (Lipinski definition) is 3. The number of aliphatic hydroxyl groups is 1. The number of amides is 1. The van der Waals surface area contributed by atoms with Gasteiger partial charge in [0.1, 0.15) is 10.3 Å². The lowest BCUT2D eigenvalue weighted by molar-refractivity contribution is 0.0681. The lowest BCUT2D eigenvalue weighted by Crippen LogP contribution is -2.31. The minimum Gasteiger partial charge on any atom is -0.387 e. The van der Waals surface area contributed by atoms with E-state index < -0.39 is 6.10 Å². The van der Waals surface area contributed by atoms with Crippen LogP contribution in [0.15, 0.2) is 42.5 Å². The summed E-state index contributed by atoms with van der Waals surface area (Å²) in [7, 11) is 1.60. The average molecular weight is 325 g/mol. The van der Waals surface area contributed by atoms with E-state index in [1.165, 1.54) is 17.0 Å². The molecule has 0 spiro atoms. The number of aliphatic hydroxyl groups excluding tert-OH is 1. The van der Waals surface area contributed by atoms with Crippen molar-refractivity contribution in [2.24, 2.45) is 0 Å². The Balaban J connectivity index is 2.09. The number of aromatic nitrogens is 1. The zero-order valence-electron chi connectivity index (χ0n) is 11.3. The summed E-state index contributed by atoms with van der Waals surface area (Å²) in [5, 5.41) is 10.4. The summed E-state index contributed by atoms with van der Waals surface area (Å²) in [5.41, 5.74) is 1.00. The van der Waals surface area contributed by atoms with Crippen molar-refractivity contribution in [1.82, 2.24) is 9.88 Å². The molecule has 1 aromatic carbocycles. The number of benzene rings is 1. The van der Waals surface area contributed by atoms with Crippen LogP contribution < -0.4 is 0 Å². The fourth-order valence-electron chi connectivity index (χ4n) is 1.90. The van der Waals surface area contributed by atoms with Crippen LogP contribution in [0.3, 0.4) is 0 Å². The number of pyridine rings is 1. The van der Waals surface area contributed by atoms with Gasteiger partial charge in [-0.15, -0.1) is 0 Å². The third kappa shape index (κ3) is 3.94. The first-order chi connectivity index (χ1) is 9.99. The Morgan fingerprint density at radius 1 is 1.24 bits per heavy atom. The van der Waals surface area contributed by atoms with E-state index in [2.05, 4.69) is 4.98 Å². The second-order valence-corrected chi connectivity index (χ2v) is 5.33. The topological polar surface area (TPSA) is 53.4 Å². The quantitative estimate of drug-likeness (QED) is 0.879. The molecule has 110 valence electrons. The molecule has 2 rings (SSSR count). The minimum absolute atomic E-state index is 0.0496. The molecule has 1 aromatic heterocycles. The molecule has 1 N–H and O–H groups in total. The highest BCUT2D eigenvalue weighted by atomic mass is 35.5. The number of hydrogen-bond donors (Lipinski definition) is 1. The molecule has 1 atom stereocenters. The molecule has 6 heteroatoms. The first-order valence-corrected chi connectivity index (χ1v) is 7.05. The third-order valence-corrected chi connectivity index (χ3v) is 3.52. The van der Waals surface area contributed by atoms with Crippen LogP contribution in [0.25, 0.3) is 0 Å². The molecule has 1 unspecified atom stereocenters. The minimum atomic E-state index is -0.765. The summed E-state index contributed by atoms with van der Waals surface area (Å²) in [6.07, 6.45) is -0.765. The van der Waals surface area contributed by atoms with Crippen LogP contribution in [0.1, 0.15) is 22.0 Å². The molecule has 0 saturated carbocycles. The zero-order chi connectivity index (χ0) is 15.4. The van der Waals surface area contributed by atoms with E-state index in [0.717, 1.165) is 5.56 Å². The normalized spacial score (nSPS) is 12.0. The fraction of sp³-hybridized carbons (Fsp3) is 0.200. The molecule has 0 saturated heterocycles. The largest absolute Gasteiger partial charge is 0.387 e. The van der Waals surface area contributed by atoms with E-state index in [9.17, 15) is 9.90 Å². The molecular weight excluding hydrogens is 311 g/mol. The number of rotatable bonds is 4. The molecule has 0 bridgehead atoms. The molecule has 0 aliphatic heterocycles. The van der Waals surface area contributed by atoms with E-state index in [4.69, 9.17) is 23.2 Å². The standard InChI is InChI=1S/C15H14Cl2N2O2/c1-19(9-12(20)10-5-3-2-4-6-10)15(21)11-7-8-13(16)18-14(11)17/h2-8,12,20H,9H2,1H3. The van der Waals surface area contributed by atoms with Crippen molar-refractivity contribution in [3.63, 3.8) is 0 Å². The highest BCUT2D eigenvalue weighted by Gasteiger charge is 2.19. The molecule has 2 aromatic rings. The maximum Gasteiger partial charge on any atom is 0.256 e. The van der Waals surface area contributed by atoms with Gasteiger partial charge in [-0.25, -0.2) is 4.98 Å². The van der Waals surface area contributed by atoms with Crippen LogP contribution in [0.5, 0.6) is 0 Å². The van der Waals surface area contributed by atoms with Gasteiger partial charge >= 0.3 is 0 Å². The summed E-state index contributed by atoms with van der Waals surface area (Å²) in [4.78, 5) is 17.5.